The zero-order valence-corrected chi connectivity index (χ0v) is 31.6. The van der Waals surface area contributed by atoms with Gasteiger partial charge in [-0.1, -0.05) is 49.3 Å². The summed E-state index contributed by atoms with van der Waals surface area (Å²) < 4.78 is 48.5. The van der Waals surface area contributed by atoms with Crippen LogP contribution in [0.2, 0.25) is 0 Å². The van der Waals surface area contributed by atoms with Gasteiger partial charge in [-0.25, -0.2) is 17.8 Å². The monoisotopic (exact) mass is 742 g/mol. The van der Waals surface area contributed by atoms with E-state index in [0.29, 0.717) is 38.0 Å². The SMILES string of the molecule is C=CCCCCC[C@H](Cc1cc(C)cc(F)c1)C(=O)C1C[C@H](Oc2nccc3ccccc23)C[C@H]1C(=O)C[C@]1(C(=O)NS(=O)(=O)C2(C)CC2)C[C@H]1C=C. The zero-order chi connectivity index (χ0) is 38.0. The van der Waals surface area contributed by atoms with Crippen LogP contribution in [-0.4, -0.2) is 41.7 Å². The Bertz CT molecular complexity index is 1980. The summed E-state index contributed by atoms with van der Waals surface area (Å²) in [6.07, 6.45) is 10.7. The quantitative estimate of drug-likeness (QED) is 0.0972. The van der Waals surface area contributed by atoms with Gasteiger partial charge in [-0.2, -0.15) is 0 Å². The largest absolute Gasteiger partial charge is 0.474 e. The van der Waals surface area contributed by atoms with E-state index in [9.17, 15) is 27.2 Å². The normalized spacial score (nSPS) is 25.0. The van der Waals surface area contributed by atoms with Gasteiger partial charge in [-0.05, 0) is 118 Å². The highest BCUT2D eigenvalue weighted by Gasteiger charge is 2.62. The van der Waals surface area contributed by atoms with Crippen LogP contribution in [0.25, 0.3) is 10.8 Å². The van der Waals surface area contributed by atoms with Gasteiger partial charge < -0.3 is 4.74 Å². The van der Waals surface area contributed by atoms with Crippen molar-refractivity contribution in [2.45, 2.75) is 102 Å². The zero-order valence-electron chi connectivity index (χ0n) is 30.8. The van der Waals surface area contributed by atoms with Gasteiger partial charge in [-0.3, -0.25) is 19.1 Å². The third-order valence-corrected chi connectivity index (χ3v) is 14.0. The summed E-state index contributed by atoms with van der Waals surface area (Å²) in [5, 5.41) is 1.77. The molecule has 3 aliphatic rings. The lowest BCUT2D eigenvalue weighted by atomic mass is 9.77. The lowest BCUT2D eigenvalue weighted by Gasteiger charge is -2.25. The van der Waals surface area contributed by atoms with Crippen molar-refractivity contribution in [1.82, 2.24) is 9.71 Å². The maximum atomic E-state index is 14.8. The first-order valence-electron chi connectivity index (χ1n) is 18.9. The number of ether oxygens (including phenoxy) is 1. The van der Waals surface area contributed by atoms with Crippen LogP contribution in [0.4, 0.5) is 4.39 Å². The van der Waals surface area contributed by atoms with Crippen molar-refractivity contribution in [2.75, 3.05) is 0 Å². The number of sulfonamides is 1. The van der Waals surface area contributed by atoms with Crippen LogP contribution in [0.15, 0.2) is 80.0 Å². The summed E-state index contributed by atoms with van der Waals surface area (Å²) in [5.41, 5.74) is 0.253. The molecule has 53 heavy (non-hydrogen) atoms. The van der Waals surface area contributed by atoms with Gasteiger partial charge >= 0.3 is 0 Å². The van der Waals surface area contributed by atoms with E-state index in [1.165, 1.54) is 12.1 Å². The number of aromatic nitrogens is 1. The Balaban J connectivity index is 1.28. The fourth-order valence-corrected chi connectivity index (χ4v) is 9.57. The van der Waals surface area contributed by atoms with Crippen LogP contribution in [0.5, 0.6) is 5.88 Å². The maximum absolute atomic E-state index is 14.8. The molecule has 1 heterocycles. The molecule has 282 valence electrons. The van der Waals surface area contributed by atoms with Crippen molar-refractivity contribution >= 4 is 38.3 Å². The van der Waals surface area contributed by atoms with Crippen LogP contribution in [-0.2, 0) is 30.8 Å². The van der Waals surface area contributed by atoms with Gasteiger partial charge in [0.15, 0.2) is 0 Å². The molecule has 1 N–H and O–H groups in total. The highest BCUT2D eigenvalue weighted by molar-refractivity contribution is 7.91. The number of pyridine rings is 1. The molecule has 1 amide bonds. The van der Waals surface area contributed by atoms with Gasteiger partial charge in [0.05, 0.1) is 10.2 Å². The van der Waals surface area contributed by atoms with Crippen LogP contribution in [0.1, 0.15) is 88.7 Å². The molecule has 0 aliphatic heterocycles. The number of carbonyl (C=O) groups excluding carboxylic acids is 3. The average Bonchev–Trinajstić information content (AvgIpc) is 4.01. The maximum Gasteiger partial charge on any atom is 0.240 e. The van der Waals surface area contributed by atoms with E-state index in [2.05, 4.69) is 22.9 Å². The van der Waals surface area contributed by atoms with E-state index < -0.39 is 50.0 Å². The molecular weight excluding hydrogens is 692 g/mol. The minimum absolute atomic E-state index is 0.0650. The number of halogens is 1. The number of ketones is 2. The molecule has 0 spiro atoms. The highest BCUT2D eigenvalue weighted by Crippen LogP contribution is 2.58. The van der Waals surface area contributed by atoms with Crippen molar-refractivity contribution in [3.63, 3.8) is 0 Å². The van der Waals surface area contributed by atoms with E-state index in [-0.39, 0.29) is 42.6 Å². The second kappa shape index (κ2) is 15.7. The second-order valence-electron chi connectivity index (χ2n) is 15.9. The van der Waals surface area contributed by atoms with Crippen LogP contribution in [0.3, 0.4) is 0 Å². The summed E-state index contributed by atoms with van der Waals surface area (Å²) in [7, 11) is -3.92. The number of fused-ring (bicyclic) bond motifs is 1. The molecule has 10 heteroatoms. The molecule has 0 bridgehead atoms. The molecule has 3 saturated carbocycles. The summed E-state index contributed by atoms with van der Waals surface area (Å²) in [6.45, 7) is 11.1. The van der Waals surface area contributed by atoms with Crippen LogP contribution in [0, 0.1) is 41.8 Å². The van der Waals surface area contributed by atoms with Gasteiger partial charge in [-0.15, -0.1) is 13.2 Å². The number of amides is 1. The number of nitrogens with zero attached hydrogens (tertiary/aromatic N) is 1. The molecule has 3 aliphatic carbocycles. The number of hydrogen-bond acceptors (Lipinski definition) is 7. The third-order valence-electron chi connectivity index (χ3n) is 11.9. The number of benzene rings is 2. The molecular formula is C43H51FN2O6S. The number of Topliss-reactive ketones (excluding diaryl/α,β-unsaturated/α-hetero) is 2. The molecule has 6 atom stereocenters. The first-order chi connectivity index (χ1) is 25.3. The number of allylic oxidation sites excluding steroid dienone is 2. The Morgan fingerprint density at radius 3 is 2.51 bits per heavy atom. The molecule has 1 aromatic heterocycles. The summed E-state index contributed by atoms with van der Waals surface area (Å²) in [6, 6.07) is 14.4. The van der Waals surface area contributed by atoms with Crippen molar-refractivity contribution < 1.29 is 31.9 Å². The third kappa shape index (κ3) is 8.48. The second-order valence-corrected chi connectivity index (χ2v) is 18.1. The fraction of sp³-hybridized carbons (Fsp3) is 0.488. The Labute approximate surface area is 312 Å². The Kier molecular flexibility index (Phi) is 11.4. The fourth-order valence-electron chi connectivity index (χ4n) is 8.24. The standard InChI is InChI=1S/C43H51FN2O6S/c1-5-7-8-9-10-14-31(22-29-20-28(3)21-33(44)23-29)39(48)37-25-34(52-40-35-15-12-11-13-30(35)16-19-45-40)24-36(37)38(47)27-43(26-32(43)6-2)41(49)46-53(50,51)42(4)17-18-42/h5-6,11-13,15-16,19-21,23,31-32,34,36-37H,1-2,7-10,14,17-18,22,24-27H2,3-4H3,(H,46,49)/t31-,32-,34-,36-,37?,43-/m1/s1. The number of unbranched alkanes of at least 4 members (excludes halogenated alkanes) is 3. The van der Waals surface area contributed by atoms with E-state index >= 15 is 0 Å². The predicted molar refractivity (Wildman–Crippen MR) is 204 cm³/mol. The Hall–Kier alpha value is -4.18. The molecule has 0 saturated heterocycles. The van der Waals surface area contributed by atoms with E-state index in [1.807, 2.05) is 49.4 Å². The van der Waals surface area contributed by atoms with Crippen molar-refractivity contribution in [1.29, 1.82) is 0 Å². The number of nitrogens with one attached hydrogen (secondary N) is 1. The van der Waals surface area contributed by atoms with Crippen LogP contribution < -0.4 is 9.46 Å². The number of hydrogen-bond donors (Lipinski definition) is 1. The Morgan fingerprint density at radius 2 is 1.81 bits per heavy atom. The van der Waals surface area contributed by atoms with Crippen molar-refractivity contribution in [3.8, 4) is 5.88 Å². The van der Waals surface area contributed by atoms with Gasteiger partial charge in [0, 0.05) is 35.8 Å². The van der Waals surface area contributed by atoms with Crippen molar-refractivity contribution in [2.24, 2.45) is 29.1 Å². The van der Waals surface area contributed by atoms with Crippen LogP contribution >= 0.6 is 0 Å². The molecule has 8 nitrogen and oxygen atoms in total. The van der Waals surface area contributed by atoms with Gasteiger partial charge in [0.25, 0.3) is 0 Å². The minimum Gasteiger partial charge on any atom is -0.474 e. The number of carbonyl (C=O) groups is 3. The summed E-state index contributed by atoms with van der Waals surface area (Å²) in [5.74, 6) is -3.23. The van der Waals surface area contributed by atoms with Gasteiger partial charge in [0.2, 0.25) is 21.8 Å². The summed E-state index contributed by atoms with van der Waals surface area (Å²) in [4.78, 5) is 47.5. The lowest BCUT2D eigenvalue weighted by Crippen LogP contribution is -2.44. The molecule has 0 radical (unpaired) electrons. The predicted octanol–water partition coefficient (Wildman–Crippen LogP) is 8.17. The molecule has 3 aromatic rings. The first-order valence-corrected chi connectivity index (χ1v) is 20.4. The summed E-state index contributed by atoms with van der Waals surface area (Å²) >= 11 is 0. The number of aryl methyl sites for hydroxylation is 1. The number of rotatable bonds is 19. The van der Waals surface area contributed by atoms with E-state index in [0.717, 1.165) is 47.6 Å². The minimum atomic E-state index is -3.92. The highest BCUT2D eigenvalue weighted by atomic mass is 32.2. The average molecular weight is 743 g/mol. The van der Waals surface area contributed by atoms with E-state index in [1.54, 1.807) is 19.2 Å². The topological polar surface area (TPSA) is 120 Å². The molecule has 2 aromatic carbocycles. The molecule has 1 unspecified atom stereocenters. The Morgan fingerprint density at radius 1 is 1.06 bits per heavy atom. The molecule has 6 rings (SSSR count). The smallest absolute Gasteiger partial charge is 0.240 e. The molecule has 3 fully saturated rings. The van der Waals surface area contributed by atoms with Gasteiger partial charge in [0.1, 0.15) is 23.5 Å². The van der Waals surface area contributed by atoms with E-state index in [4.69, 9.17) is 4.74 Å². The first kappa shape index (κ1) is 38.5. The van der Waals surface area contributed by atoms with Crippen molar-refractivity contribution in [3.05, 3.63) is 97.0 Å². The lowest BCUT2D eigenvalue weighted by molar-refractivity contribution is -0.136.